The van der Waals surface area contributed by atoms with Gasteiger partial charge in [0.15, 0.2) is 5.82 Å². The zero-order valence-electron chi connectivity index (χ0n) is 14.1. The van der Waals surface area contributed by atoms with Gasteiger partial charge in [0, 0.05) is 29.0 Å². The first-order valence-corrected chi connectivity index (χ1v) is 8.42. The SMILES string of the molecule is O=c1[nH]c2ccc(Nc3nc(-c4ccncc4)nc4ccccc34)cc2[nH]1. The second-order valence-corrected chi connectivity index (χ2v) is 6.11. The molecule has 5 aromatic rings. The molecule has 0 fully saturated rings. The number of fused-ring (bicyclic) bond motifs is 2. The lowest BCUT2D eigenvalue weighted by atomic mass is 10.2. The third-order valence-corrected chi connectivity index (χ3v) is 4.32. The fourth-order valence-electron chi connectivity index (χ4n) is 3.05. The maximum absolute atomic E-state index is 11.5. The minimum Gasteiger partial charge on any atom is -0.340 e. The van der Waals surface area contributed by atoms with Crippen LogP contribution in [-0.2, 0) is 0 Å². The number of aromatic nitrogens is 5. The summed E-state index contributed by atoms with van der Waals surface area (Å²) in [5.74, 6) is 1.32. The van der Waals surface area contributed by atoms with Crippen molar-refractivity contribution in [2.45, 2.75) is 0 Å². The van der Waals surface area contributed by atoms with Crippen LogP contribution in [0, 0.1) is 0 Å². The molecule has 0 unspecified atom stereocenters. The van der Waals surface area contributed by atoms with Crippen molar-refractivity contribution in [1.82, 2.24) is 24.9 Å². The first-order valence-electron chi connectivity index (χ1n) is 8.42. The van der Waals surface area contributed by atoms with Crippen molar-refractivity contribution in [3.8, 4) is 11.4 Å². The summed E-state index contributed by atoms with van der Waals surface area (Å²) < 4.78 is 0. The topological polar surface area (TPSA) is 99.3 Å². The van der Waals surface area contributed by atoms with Gasteiger partial charge in [-0.1, -0.05) is 12.1 Å². The predicted molar refractivity (Wildman–Crippen MR) is 105 cm³/mol. The van der Waals surface area contributed by atoms with Crippen LogP contribution in [-0.4, -0.2) is 24.9 Å². The largest absolute Gasteiger partial charge is 0.340 e. The van der Waals surface area contributed by atoms with E-state index in [1.54, 1.807) is 12.4 Å². The highest BCUT2D eigenvalue weighted by Crippen LogP contribution is 2.27. The molecule has 0 aliphatic rings. The van der Waals surface area contributed by atoms with Crippen molar-refractivity contribution >= 4 is 33.4 Å². The third kappa shape index (κ3) is 2.81. The Hall–Kier alpha value is -4.00. The maximum atomic E-state index is 11.5. The van der Waals surface area contributed by atoms with E-state index in [2.05, 4.69) is 25.3 Å². The Labute approximate surface area is 153 Å². The molecule has 27 heavy (non-hydrogen) atoms. The van der Waals surface area contributed by atoms with Crippen LogP contribution in [0.2, 0.25) is 0 Å². The lowest BCUT2D eigenvalue weighted by Crippen LogP contribution is -1.99. The summed E-state index contributed by atoms with van der Waals surface area (Å²) in [7, 11) is 0. The van der Waals surface area contributed by atoms with Gasteiger partial charge in [-0.05, 0) is 42.5 Å². The zero-order chi connectivity index (χ0) is 18.2. The van der Waals surface area contributed by atoms with Crippen molar-refractivity contribution in [3.05, 3.63) is 77.5 Å². The number of para-hydroxylation sites is 1. The zero-order valence-corrected chi connectivity index (χ0v) is 14.1. The highest BCUT2D eigenvalue weighted by molar-refractivity contribution is 5.93. The van der Waals surface area contributed by atoms with E-state index < -0.39 is 0 Å². The van der Waals surface area contributed by atoms with Gasteiger partial charge in [0.1, 0.15) is 5.82 Å². The summed E-state index contributed by atoms with van der Waals surface area (Å²) >= 11 is 0. The number of hydrogen-bond donors (Lipinski definition) is 3. The first kappa shape index (κ1) is 15.3. The van der Waals surface area contributed by atoms with Gasteiger partial charge >= 0.3 is 5.69 Å². The van der Waals surface area contributed by atoms with Gasteiger partial charge in [0.25, 0.3) is 0 Å². The highest BCUT2D eigenvalue weighted by atomic mass is 16.1. The molecule has 0 saturated carbocycles. The number of pyridine rings is 1. The Morgan fingerprint density at radius 1 is 0.852 bits per heavy atom. The second-order valence-electron chi connectivity index (χ2n) is 6.11. The number of imidazole rings is 1. The van der Waals surface area contributed by atoms with E-state index in [4.69, 9.17) is 4.98 Å². The van der Waals surface area contributed by atoms with Gasteiger partial charge in [-0.15, -0.1) is 0 Å². The monoisotopic (exact) mass is 354 g/mol. The predicted octanol–water partition coefficient (Wildman–Crippen LogP) is 3.61. The molecule has 0 aliphatic carbocycles. The van der Waals surface area contributed by atoms with E-state index in [9.17, 15) is 4.79 Å². The Morgan fingerprint density at radius 3 is 2.56 bits per heavy atom. The molecule has 3 N–H and O–H groups in total. The molecule has 0 spiro atoms. The van der Waals surface area contributed by atoms with Crippen molar-refractivity contribution in [2.24, 2.45) is 0 Å². The summed E-state index contributed by atoms with van der Waals surface area (Å²) in [4.78, 5) is 30.4. The lowest BCUT2D eigenvalue weighted by Gasteiger charge is -2.11. The normalized spacial score (nSPS) is 11.1. The number of nitrogens with zero attached hydrogens (tertiary/aromatic N) is 3. The van der Waals surface area contributed by atoms with Crippen LogP contribution in [0.1, 0.15) is 0 Å². The number of rotatable bonds is 3. The van der Waals surface area contributed by atoms with E-state index in [1.165, 1.54) is 0 Å². The van der Waals surface area contributed by atoms with E-state index in [0.29, 0.717) is 11.6 Å². The molecule has 0 radical (unpaired) electrons. The van der Waals surface area contributed by atoms with E-state index in [-0.39, 0.29) is 5.69 Å². The van der Waals surface area contributed by atoms with Crippen molar-refractivity contribution in [3.63, 3.8) is 0 Å². The van der Waals surface area contributed by atoms with E-state index in [0.717, 1.165) is 33.2 Å². The molecule has 3 heterocycles. The number of nitrogens with one attached hydrogen (secondary N) is 3. The second kappa shape index (κ2) is 6.06. The van der Waals surface area contributed by atoms with Crippen molar-refractivity contribution in [1.29, 1.82) is 0 Å². The Kier molecular flexibility index (Phi) is 3.43. The minimum atomic E-state index is -0.227. The van der Waals surface area contributed by atoms with Crippen LogP contribution in [0.3, 0.4) is 0 Å². The maximum Gasteiger partial charge on any atom is 0.323 e. The quantitative estimate of drug-likeness (QED) is 0.460. The molecule has 7 heteroatoms. The molecule has 0 bridgehead atoms. The van der Waals surface area contributed by atoms with E-state index >= 15 is 0 Å². The van der Waals surface area contributed by atoms with E-state index in [1.807, 2.05) is 54.6 Å². The number of H-pyrrole nitrogens is 2. The fourth-order valence-corrected chi connectivity index (χ4v) is 3.05. The summed E-state index contributed by atoms with van der Waals surface area (Å²) in [5.41, 5.74) is 3.83. The van der Waals surface area contributed by atoms with Crippen LogP contribution in [0.15, 0.2) is 71.8 Å². The molecular weight excluding hydrogens is 340 g/mol. The smallest absolute Gasteiger partial charge is 0.323 e. The molecular formula is C20H14N6O. The third-order valence-electron chi connectivity index (χ3n) is 4.32. The van der Waals surface area contributed by atoms with Crippen LogP contribution >= 0.6 is 0 Å². The molecule has 0 saturated heterocycles. The first-order chi connectivity index (χ1) is 13.3. The highest BCUT2D eigenvalue weighted by Gasteiger charge is 2.10. The molecule has 0 amide bonds. The Morgan fingerprint density at radius 2 is 1.67 bits per heavy atom. The summed E-state index contributed by atoms with van der Waals surface area (Å²) in [5, 5.41) is 4.27. The summed E-state index contributed by atoms with van der Waals surface area (Å²) in [6.07, 6.45) is 3.44. The molecule has 2 aromatic carbocycles. The van der Waals surface area contributed by atoms with Gasteiger partial charge < -0.3 is 15.3 Å². The number of benzene rings is 2. The molecule has 130 valence electrons. The summed E-state index contributed by atoms with van der Waals surface area (Å²) in [6.45, 7) is 0. The van der Waals surface area contributed by atoms with Crippen LogP contribution in [0.5, 0.6) is 0 Å². The van der Waals surface area contributed by atoms with Gasteiger partial charge in [-0.25, -0.2) is 14.8 Å². The molecule has 3 aromatic heterocycles. The molecule has 7 nitrogen and oxygen atoms in total. The number of aromatic amines is 2. The average molecular weight is 354 g/mol. The van der Waals surface area contributed by atoms with Crippen molar-refractivity contribution < 1.29 is 0 Å². The summed E-state index contributed by atoms with van der Waals surface area (Å²) in [6, 6.07) is 17.2. The van der Waals surface area contributed by atoms with Crippen LogP contribution in [0.4, 0.5) is 11.5 Å². The number of anilines is 2. The minimum absolute atomic E-state index is 0.227. The van der Waals surface area contributed by atoms with Gasteiger partial charge in [-0.2, -0.15) is 0 Å². The van der Waals surface area contributed by atoms with Crippen LogP contribution in [0.25, 0.3) is 33.3 Å². The lowest BCUT2D eigenvalue weighted by molar-refractivity contribution is 1.21. The van der Waals surface area contributed by atoms with Gasteiger partial charge in [-0.3, -0.25) is 4.98 Å². The molecule has 0 atom stereocenters. The average Bonchev–Trinajstić information content (AvgIpc) is 3.08. The molecule has 5 rings (SSSR count). The molecule has 0 aliphatic heterocycles. The van der Waals surface area contributed by atoms with Gasteiger partial charge in [0.05, 0.1) is 16.6 Å². The fraction of sp³-hybridized carbons (Fsp3) is 0. The van der Waals surface area contributed by atoms with Gasteiger partial charge in [0.2, 0.25) is 0 Å². The van der Waals surface area contributed by atoms with Crippen LogP contribution < -0.4 is 11.0 Å². The Balaban J connectivity index is 1.65. The van der Waals surface area contributed by atoms with Crippen molar-refractivity contribution in [2.75, 3.05) is 5.32 Å². The Bertz CT molecular complexity index is 1320. The number of hydrogen-bond acceptors (Lipinski definition) is 5. The standard InChI is InChI=1S/C20H14N6O/c27-20-24-16-6-5-13(11-17(16)25-20)22-19-14-3-1-2-4-15(14)23-18(26-19)12-7-9-21-10-8-12/h1-11H,(H,22,23,26)(H2,24,25,27).